The number of thiocarbonyl (C=S) groups is 1. The molecule has 0 aromatic heterocycles. The number of sulfone groups is 1. The second kappa shape index (κ2) is 6.51. The number of hydrogen-bond acceptors (Lipinski definition) is 5. The molecule has 15 heavy (non-hydrogen) atoms. The van der Waals surface area contributed by atoms with Gasteiger partial charge < -0.3 is 0 Å². The molecule has 5 nitrogen and oxygen atoms in total. The van der Waals surface area contributed by atoms with Crippen molar-refractivity contribution in [2.45, 2.75) is 19.3 Å². The SMILES string of the molecule is O=S(=O)(O)CCC=S.O=S1(=O)CCCC1. The summed E-state index contributed by atoms with van der Waals surface area (Å²) in [4.78, 5) is 0. The molecule has 0 atom stereocenters. The van der Waals surface area contributed by atoms with Gasteiger partial charge >= 0.3 is 0 Å². The van der Waals surface area contributed by atoms with E-state index in [9.17, 15) is 16.8 Å². The first kappa shape index (κ1) is 14.9. The van der Waals surface area contributed by atoms with Crippen molar-refractivity contribution in [2.24, 2.45) is 0 Å². The molecule has 0 spiro atoms. The molecule has 0 radical (unpaired) electrons. The van der Waals surface area contributed by atoms with Crippen LogP contribution in [-0.2, 0) is 20.0 Å². The maximum Gasteiger partial charge on any atom is 0.265 e. The molecule has 1 saturated heterocycles. The molecule has 1 N–H and O–H groups in total. The summed E-state index contributed by atoms with van der Waals surface area (Å²) < 4.78 is 48.7. The molecular weight excluding hydrogens is 260 g/mol. The second-order valence-corrected chi connectivity index (χ2v) is 7.31. The fraction of sp³-hybridized carbons (Fsp3) is 0.857. The lowest BCUT2D eigenvalue weighted by atomic mass is 10.4. The van der Waals surface area contributed by atoms with Crippen LogP contribution in [0.4, 0.5) is 0 Å². The van der Waals surface area contributed by atoms with Gasteiger partial charge in [-0.3, -0.25) is 4.55 Å². The fourth-order valence-corrected chi connectivity index (χ4v) is 3.12. The van der Waals surface area contributed by atoms with Gasteiger partial charge in [0.1, 0.15) is 9.84 Å². The zero-order valence-electron chi connectivity index (χ0n) is 8.12. The van der Waals surface area contributed by atoms with Crippen molar-refractivity contribution >= 4 is 37.5 Å². The first-order chi connectivity index (χ1) is 6.77. The maximum absolute atomic E-state index is 10.4. The minimum Gasteiger partial charge on any atom is -0.286 e. The minimum atomic E-state index is -3.78. The van der Waals surface area contributed by atoms with E-state index in [0.29, 0.717) is 11.5 Å². The van der Waals surface area contributed by atoms with E-state index in [1.54, 1.807) is 0 Å². The molecule has 0 aromatic rings. The van der Waals surface area contributed by atoms with E-state index in [4.69, 9.17) is 4.55 Å². The summed E-state index contributed by atoms with van der Waals surface area (Å²) in [6.45, 7) is 0. The lowest BCUT2D eigenvalue weighted by Gasteiger charge is -1.86. The summed E-state index contributed by atoms with van der Waals surface area (Å²) >= 11 is 4.32. The van der Waals surface area contributed by atoms with Crippen LogP contribution in [-0.4, -0.2) is 44.0 Å². The zero-order valence-corrected chi connectivity index (χ0v) is 10.6. The van der Waals surface area contributed by atoms with Crippen LogP contribution in [0.15, 0.2) is 0 Å². The van der Waals surface area contributed by atoms with E-state index >= 15 is 0 Å². The molecule has 1 rings (SSSR count). The van der Waals surface area contributed by atoms with Gasteiger partial charge in [-0.05, 0) is 24.6 Å². The topological polar surface area (TPSA) is 88.5 Å². The molecule has 0 unspecified atom stereocenters. The molecule has 1 aliphatic rings. The third-order valence-corrected chi connectivity index (χ3v) is 4.46. The summed E-state index contributed by atoms with van der Waals surface area (Å²) in [6.07, 6.45) is 1.98. The average Bonchev–Trinajstić information content (AvgIpc) is 2.46. The molecule has 1 heterocycles. The van der Waals surface area contributed by atoms with Crippen molar-refractivity contribution < 1.29 is 21.4 Å². The highest BCUT2D eigenvalue weighted by molar-refractivity contribution is 7.91. The predicted molar refractivity (Wildman–Crippen MR) is 62.6 cm³/mol. The Hall–Kier alpha value is -0.0500. The highest BCUT2D eigenvalue weighted by Gasteiger charge is 2.16. The molecule has 0 saturated carbocycles. The first-order valence-corrected chi connectivity index (χ1v) is 8.26. The average molecular weight is 274 g/mol. The van der Waals surface area contributed by atoms with Gasteiger partial charge in [-0.2, -0.15) is 8.42 Å². The van der Waals surface area contributed by atoms with Gasteiger partial charge in [-0.1, -0.05) is 12.2 Å². The van der Waals surface area contributed by atoms with Crippen LogP contribution in [0.25, 0.3) is 0 Å². The molecular formula is C7H14O5S3. The third kappa shape index (κ3) is 10.2. The Balaban J connectivity index is 0.000000262. The largest absolute Gasteiger partial charge is 0.286 e. The quantitative estimate of drug-likeness (QED) is 0.594. The number of hydrogen-bond donors (Lipinski definition) is 1. The van der Waals surface area contributed by atoms with Gasteiger partial charge in [0, 0.05) is 0 Å². The Morgan fingerprint density at radius 1 is 1.27 bits per heavy atom. The van der Waals surface area contributed by atoms with Crippen LogP contribution in [0.2, 0.25) is 0 Å². The number of rotatable bonds is 3. The van der Waals surface area contributed by atoms with Gasteiger partial charge in [0.25, 0.3) is 10.1 Å². The Kier molecular flexibility index (Phi) is 6.49. The lowest BCUT2D eigenvalue weighted by molar-refractivity contribution is 0.484. The zero-order chi connectivity index (χ0) is 11.9. The van der Waals surface area contributed by atoms with Crippen LogP contribution >= 0.6 is 12.2 Å². The van der Waals surface area contributed by atoms with E-state index in [2.05, 4.69) is 12.2 Å². The van der Waals surface area contributed by atoms with Crippen molar-refractivity contribution in [3.05, 3.63) is 0 Å². The minimum absolute atomic E-state index is 0.230. The van der Waals surface area contributed by atoms with Crippen molar-refractivity contribution in [1.82, 2.24) is 0 Å². The van der Waals surface area contributed by atoms with Gasteiger partial charge in [0.2, 0.25) is 0 Å². The van der Waals surface area contributed by atoms with Crippen molar-refractivity contribution in [3.8, 4) is 0 Å². The van der Waals surface area contributed by atoms with Crippen LogP contribution in [0.5, 0.6) is 0 Å². The van der Waals surface area contributed by atoms with E-state index in [1.807, 2.05) is 0 Å². The monoisotopic (exact) mass is 274 g/mol. The van der Waals surface area contributed by atoms with Gasteiger partial charge in [0.05, 0.1) is 17.3 Å². The molecule has 1 aliphatic heterocycles. The molecule has 8 heteroatoms. The highest BCUT2D eigenvalue weighted by atomic mass is 32.2. The Morgan fingerprint density at radius 3 is 1.87 bits per heavy atom. The Morgan fingerprint density at radius 2 is 1.73 bits per heavy atom. The third-order valence-electron chi connectivity index (χ3n) is 1.65. The van der Waals surface area contributed by atoms with E-state index in [0.717, 1.165) is 12.8 Å². The van der Waals surface area contributed by atoms with Gasteiger partial charge in [0.15, 0.2) is 0 Å². The first-order valence-electron chi connectivity index (χ1n) is 4.36. The highest BCUT2D eigenvalue weighted by Crippen LogP contribution is 2.08. The van der Waals surface area contributed by atoms with Crippen LogP contribution in [0, 0.1) is 0 Å². The Labute approximate surface area is 95.5 Å². The molecule has 0 bridgehead atoms. The smallest absolute Gasteiger partial charge is 0.265 e. The standard InChI is InChI=1S/C4H8O2S.C3H6O3S2/c5-7(6)3-1-2-4-7;4-8(5,6)3-1-2-7/h1-4H2;2H,1,3H2,(H,4,5,6). The lowest BCUT2D eigenvalue weighted by Crippen LogP contribution is -2.02. The van der Waals surface area contributed by atoms with E-state index in [1.165, 1.54) is 5.37 Å². The summed E-state index contributed by atoms with van der Waals surface area (Å²) in [7, 11) is -6.33. The summed E-state index contributed by atoms with van der Waals surface area (Å²) in [5.74, 6) is 0.580. The van der Waals surface area contributed by atoms with E-state index in [-0.39, 0.29) is 12.2 Å². The normalized spacial score (nSPS) is 19.0. The van der Waals surface area contributed by atoms with Crippen LogP contribution in [0.1, 0.15) is 19.3 Å². The Bertz CT molecular complexity index is 369. The molecule has 0 aromatic carbocycles. The van der Waals surface area contributed by atoms with Crippen molar-refractivity contribution in [2.75, 3.05) is 17.3 Å². The summed E-state index contributed by atoms with van der Waals surface area (Å²) in [5, 5.41) is 1.27. The van der Waals surface area contributed by atoms with Crippen LogP contribution < -0.4 is 0 Å². The summed E-state index contributed by atoms with van der Waals surface area (Å²) in [6, 6.07) is 0. The maximum atomic E-state index is 10.4. The van der Waals surface area contributed by atoms with Gasteiger partial charge in [-0.25, -0.2) is 8.42 Å². The van der Waals surface area contributed by atoms with E-state index < -0.39 is 20.0 Å². The van der Waals surface area contributed by atoms with Crippen molar-refractivity contribution in [3.63, 3.8) is 0 Å². The fourth-order valence-electron chi connectivity index (χ4n) is 0.943. The predicted octanol–water partition coefficient (Wildman–Crippen LogP) is 0.459. The van der Waals surface area contributed by atoms with Crippen molar-refractivity contribution in [1.29, 1.82) is 0 Å². The molecule has 0 amide bonds. The van der Waals surface area contributed by atoms with Crippen LogP contribution in [0.3, 0.4) is 0 Å². The molecule has 1 fully saturated rings. The summed E-state index contributed by atoms with van der Waals surface area (Å²) in [5.41, 5.74) is 0. The molecule has 0 aliphatic carbocycles. The molecule has 90 valence electrons. The van der Waals surface area contributed by atoms with Gasteiger partial charge in [-0.15, -0.1) is 0 Å². The second-order valence-electron chi connectivity index (χ2n) is 3.10.